The molecule has 2 heteroatoms. The van der Waals surface area contributed by atoms with Gasteiger partial charge in [0.2, 0.25) is 0 Å². The Morgan fingerprint density at radius 1 is 1.56 bits per heavy atom. The molecule has 0 nitrogen and oxygen atoms in total. The van der Waals surface area contributed by atoms with Crippen molar-refractivity contribution in [3.05, 3.63) is 11.0 Å². The smallest absolute Gasteiger partial charge is 0.00758 e. The summed E-state index contributed by atoms with van der Waals surface area (Å²) >= 11 is 0. The van der Waals surface area contributed by atoms with E-state index in [-0.39, 0.29) is 0 Å². The normalized spacial score (nSPS) is 12.1. The zero-order chi connectivity index (χ0) is 7.11. The summed E-state index contributed by atoms with van der Waals surface area (Å²) in [5.74, 6) is 0. The number of allylic oxidation sites excluding steroid dienone is 2. The molecule has 0 aromatic heterocycles. The van der Waals surface area contributed by atoms with Gasteiger partial charge in [-0.05, 0) is 24.5 Å². The third kappa shape index (κ3) is 6.32. The zero-order valence-electron chi connectivity index (χ0n) is 6.31. The topological polar surface area (TPSA) is 0 Å². The molecule has 0 saturated carbocycles. The van der Waals surface area contributed by atoms with E-state index in [2.05, 4.69) is 26.2 Å². The first kappa shape index (κ1) is 9.44. The molecule has 0 aliphatic carbocycles. The SMILES string of the molecule is CCC/C=C(/C)SSC. The van der Waals surface area contributed by atoms with Gasteiger partial charge in [0.1, 0.15) is 0 Å². The van der Waals surface area contributed by atoms with Gasteiger partial charge in [0.15, 0.2) is 0 Å². The summed E-state index contributed by atoms with van der Waals surface area (Å²) in [5, 5.41) is 0. The number of hydrogen-bond acceptors (Lipinski definition) is 2. The van der Waals surface area contributed by atoms with E-state index in [0.29, 0.717) is 0 Å². The summed E-state index contributed by atoms with van der Waals surface area (Å²) in [7, 11) is 3.66. The van der Waals surface area contributed by atoms with Crippen molar-refractivity contribution in [1.82, 2.24) is 0 Å². The minimum absolute atomic E-state index is 1.22. The average molecular weight is 162 g/mol. The van der Waals surface area contributed by atoms with Crippen LogP contribution in [0, 0.1) is 0 Å². The van der Waals surface area contributed by atoms with Gasteiger partial charge in [-0.1, -0.05) is 41.0 Å². The highest BCUT2D eigenvalue weighted by Crippen LogP contribution is 2.26. The third-order valence-corrected chi connectivity index (χ3v) is 2.82. The van der Waals surface area contributed by atoms with Crippen LogP contribution in [-0.4, -0.2) is 6.26 Å². The molecule has 0 saturated heterocycles. The summed E-state index contributed by atoms with van der Waals surface area (Å²) < 4.78 is 0. The molecule has 0 heterocycles. The van der Waals surface area contributed by atoms with Gasteiger partial charge in [0.05, 0.1) is 0 Å². The maximum absolute atomic E-state index is 2.29. The van der Waals surface area contributed by atoms with Crippen molar-refractivity contribution in [3.63, 3.8) is 0 Å². The predicted octanol–water partition coefficient (Wildman–Crippen LogP) is 3.70. The standard InChI is InChI=1S/C7H14S2/c1-4-5-6-7(2)9-8-3/h6H,4-5H2,1-3H3/b7-6-. The number of rotatable bonds is 4. The minimum Gasteiger partial charge on any atom is -0.0927 e. The number of hydrogen-bond donors (Lipinski definition) is 0. The lowest BCUT2D eigenvalue weighted by Gasteiger charge is -1.93. The highest BCUT2D eigenvalue weighted by Gasteiger charge is 1.85. The van der Waals surface area contributed by atoms with Crippen LogP contribution in [0.3, 0.4) is 0 Å². The van der Waals surface area contributed by atoms with Crippen molar-refractivity contribution in [2.45, 2.75) is 26.7 Å². The van der Waals surface area contributed by atoms with E-state index in [9.17, 15) is 0 Å². The molecule has 0 N–H and O–H groups in total. The lowest BCUT2D eigenvalue weighted by molar-refractivity contribution is 0.955. The van der Waals surface area contributed by atoms with Gasteiger partial charge in [-0.25, -0.2) is 0 Å². The van der Waals surface area contributed by atoms with Crippen molar-refractivity contribution in [3.8, 4) is 0 Å². The first-order chi connectivity index (χ1) is 4.31. The van der Waals surface area contributed by atoms with E-state index in [1.165, 1.54) is 17.7 Å². The Morgan fingerprint density at radius 2 is 2.22 bits per heavy atom. The van der Waals surface area contributed by atoms with Crippen LogP contribution in [0.25, 0.3) is 0 Å². The Balaban J connectivity index is 3.30. The zero-order valence-corrected chi connectivity index (χ0v) is 7.94. The molecule has 0 fully saturated rings. The van der Waals surface area contributed by atoms with Crippen LogP contribution in [0.15, 0.2) is 11.0 Å². The van der Waals surface area contributed by atoms with Crippen LogP contribution in [0.1, 0.15) is 26.7 Å². The first-order valence-corrected chi connectivity index (χ1v) is 5.74. The van der Waals surface area contributed by atoms with Gasteiger partial charge < -0.3 is 0 Å². The molecule has 0 unspecified atom stereocenters. The second-order valence-electron chi connectivity index (χ2n) is 1.85. The molecule has 0 bridgehead atoms. The van der Waals surface area contributed by atoms with Crippen molar-refractivity contribution in [2.24, 2.45) is 0 Å². The van der Waals surface area contributed by atoms with E-state index >= 15 is 0 Å². The number of unbranched alkanes of at least 4 members (excludes halogenated alkanes) is 1. The van der Waals surface area contributed by atoms with E-state index in [0.717, 1.165) is 0 Å². The van der Waals surface area contributed by atoms with Gasteiger partial charge in [-0.15, -0.1) is 0 Å². The minimum atomic E-state index is 1.22. The maximum atomic E-state index is 2.29. The first-order valence-electron chi connectivity index (χ1n) is 3.18. The fourth-order valence-corrected chi connectivity index (χ4v) is 1.95. The Hall–Kier alpha value is 0.440. The Labute approximate surface area is 65.9 Å². The maximum Gasteiger partial charge on any atom is -0.00758 e. The highest BCUT2D eigenvalue weighted by atomic mass is 33.1. The van der Waals surface area contributed by atoms with Crippen LogP contribution < -0.4 is 0 Å². The highest BCUT2D eigenvalue weighted by molar-refractivity contribution is 8.77. The summed E-state index contributed by atoms with van der Waals surface area (Å²) in [6.45, 7) is 4.37. The Bertz CT molecular complexity index is 86.9. The molecular formula is C7H14S2. The van der Waals surface area contributed by atoms with Crippen LogP contribution >= 0.6 is 21.6 Å². The van der Waals surface area contributed by atoms with Gasteiger partial charge in [0, 0.05) is 0 Å². The molecule has 9 heavy (non-hydrogen) atoms. The van der Waals surface area contributed by atoms with E-state index in [4.69, 9.17) is 0 Å². The second kappa shape index (κ2) is 6.56. The van der Waals surface area contributed by atoms with Crippen LogP contribution in [0.2, 0.25) is 0 Å². The van der Waals surface area contributed by atoms with Crippen LogP contribution in [0.5, 0.6) is 0 Å². The molecule has 0 spiro atoms. The van der Waals surface area contributed by atoms with Crippen molar-refractivity contribution >= 4 is 21.6 Å². The van der Waals surface area contributed by atoms with E-state index in [1.54, 1.807) is 0 Å². The van der Waals surface area contributed by atoms with Gasteiger partial charge in [0.25, 0.3) is 0 Å². The molecule has 0 aromatic rings. The van der Waals surface area contributed by atoms with Gasteiger partial charge in [-0.3, -0.25) is 0 Å². The predicted molar refractivity (Wildman–Crippen MR) is 49.8 cm³/mol. The largest absolute Gasteiger partial charge is 0.0927 e. The summed E-state index contributed by atoms with van der Waals surface area (Å²) in [4.78, 5) is 1.43. The van der Waals surface area contributed by atoms with Crippen molar-refractivity contribution in [2.75, 3.05) is 6.26 Å². The molecular weight excluding hydrogens is 148 g/mol. The molecule has 54 valence electrons. The Kier molecular flexibility index (Phi) is 6.88. The second-order valence-corrected chi connectivity index (χ2v) is 4.50. The molecule has 0 atom stereocenters. The molecule has 0 aliphatic heterocycles. The fraction of sp³-hybridized carbons (Fsp3) is 0.714. The molecule has 0 aliphatic rings. The molecule has 0 amide bonds. The Morgan fingerprint density at radius 3 is 2.67 bits per heavy atom. The quantitative estimate of drug-likeness (QED) is 0.578. The fourth-order valence-electron chi connectivity index (χ4n) is 0.513. The third-order valence-electron chi connectivity index (χ3n) is 0.935. The summed E-state index contributed by atoms with van der Waals surface area (Å²) in [5.41, 5.74) is 0. The van der Waals surface area contributed by atoms with Gasteiger partial charge >= 0.3 is 0 Å². The monoisotopic (exact) mass is 162 g/mol. The van der Waals surface area contributed by atoms with Crippen LogP contribution in [0.4, 0.5) is 0 Å². The van der Waals surface area contributed by atoms with E-state index in [1.807, 2.05) is 21.6 Å². The lowest BCUT2D eigenvalue weighted by Crippen LogP contribution is -1.64. The van der Waals surface area contributed by atoms with Crippen molar-refractivity contribution in [1.29, 1.82) is 0 Å². The molecule has 0 radical (unpaired) electrons. The average Bonchev–Trinajstić information content (AvgIpc) is 1.85. The molecule has 0 rings (SSSR count). The van der Waals surface area contributed by atoms with E-state index < -0.39 is 0 Å². The summed E-state index contributed by atoms with van der Waals surface area (Å²) in [6, 6.07) is 0. The van der Waals surface area contributed by atoms with Crippen LogP contribution in [-0.2, 0) is 0 Å². The lowest BCUT2D eigenvalue weighted by atomic mass is 10.3. The van der Waals surface area contributed by atoms with Crippen molar-refractivity contribution < 1.29 is 0 Å². The summed E-state index contributed by atoms with van der Waals surface area (Å²) in [6.07, 6.45) is 6.88. The van der Waals surface area contributed by atoms with Gasteiger partial charge in [-0.2, -0.15) is 0 Å². The molecule has 0 aromatic carbocycles.